The van der Waals surface area contributed by atoms with Crippen LogP contribution in [0.25, 0.3) is 33.4 Å². The van der Waals surface area contributed by atoms with Crippen LogP contribution in [0.5, 0.6) is 11.6 Å². The van der Waals surface area contributed by atoms with Crippen LogP contribution in [-0.4, -0.2) is 27.7 Å². The molecule has 0 fully saturated rings. The maximum absolute atomic E-state index is 13.6. The first-order valence-corrected chi connectivity index (χ1v) is 12.2. The molecule has 0 saturated heterocycles. The maximum atomic E-state index is 13.6. The lowest BCUT2D eigenvalue weighted by Gasteiger charge is -2.11. The first-order valence-electron chi connectivity index (χ1n) is 12.2. The molecule has 1 N–H and O–H groups in total. The summed E-state index contributed by atoms with van der Waals surface area (Å²) in [5, 5.41) is 10.7. The average Bonchev–Trinajstić information content (AvgIpc) is 2.94. The minimum Gasteiger partial charge on any atom is -0.494 e. The summed E-state index contributed by atoms with van der Waals surface area (Å²) in [4.78, 5) is 20.1. The lowest BCUT2D eigenvalue weighted by molar-refractivity contribution is -0.137. The summed E-state index contributed by atoms with van der Waals surface area (Å²) in [6.45, 7) is 0.518. The molecule has 0 spiro atoms. The van der Waals surface area contributed by atoms with Gasteiger partial charge in [0.15, 0.2) is 5.82 Å². The highest BCUT2D eigenvalue weighted by Crippen LogP contribution is 2.29. The van der Waals surface area contributed by atoms with E-state index in [1.165, 1.54) is 12.1 Å². The number of carbonyl (C=O) groups is 1. The number of fused-ring (bicyclic) bond motifs is 1. The molecular weight excluding hydrogens is 483 g/mol. The second-order valence-corrected chi connectivity index (χ2v) is 8.77. The molecule has 0 aliphatic heterocycles. The molecule has 0 atom stereocenters. The Kier molecular flexibility index (Phi) is 7.54. The van der Waals surface area contributed by atoms with E-state index in [1.54, 1.807) is 18.2 Å². The fourth-order valence-electron chi connectivity index (χ4n) is 4.03. The van der Waals surface area contributed by atoms with Gasteiger partial charge in [0.2, 0.25) is 5.88 Å². The Bertz CT molecular complexity index is 1570. The molecule has 0 unspecified atom stereocenters. The highest BCUT2D eigenvalue weighted by atomic mass is 19.1. The zero-order valence-corrected chi connectivity index (χ0v) is 20.5. The second-order valence-electron chi connectivity index (χ2n) is 8.77. The van der Waals surface area contributed by atoms with Crippen LogP contribution in [0.4, 0.5) is 4.39 Å². The molecule has 0 amide bonds. The van der Waals surface area contributed by atoms with Crippen molar-refractivity contribution in [1.82, 2.24) is 9.97 Å². The second kappa shape index (κ2) is 11.5. The normalized spacial score (nSPS) is 10.9. The minimum atomic E-state index is -0.833. The number of nitrogens with zero attached hydrogens (tertiary/aromatic N) is 2. The number of carboxylic acid groups (broad SMARTS) is 1. The van der Waals surface area contributed by atoms with E-state index in [9.17, 15) is 9.18 Å². The topological polar surface area (TPSA) is 81.5 Å². The highest BCUT2D eigenvalue weighted by Gasteiger charge is 2.11. The number of halogens is 1. The van der Waals surface area contributed by atoms with Gasteiger partial charge in [0.25, 0.3) is 0 Å². The lowest BCUT2D eigenvalue weighted by Crippen LogP contribution is -2.02. The van der Waals surface area contributed by atoms with Crippen molar-refractivity contribution >= 4 is 16.7 Å². The lowest BCUT2D eigenvalue weighted by atomic mass is 10.1. The Morgan fingerprint density at radius 3 is 2.42 bits per heavy atom. The van der Waals surface area contributed by atoms with Crippen LogP contribution in [0.1, 0.15) is 18.4 Å². The predicted molar refractivity (Wildman–Crippen MR) is 144 cm³/mol. The van der Waals surface area contributed by atoms with Crippen molar-refractivity contribution in [2.75, 3.05) is 6.61 Å². The summed E-state index contributed by atoms with van der Waals surface area (Å²) in [6.07, 6.45) is 0.526. The Morgan fingerprint density at radius 1 is 0.789 bits per heavy atom. The van der Waals surface area contributed by atoms with Gasteiger partial charge in [-0.15, -0.1) is 0 Å². The Hall–Kier alpha value is -4.78. The van der Waals surface area contributed by atoms with Crippen molar-refractivity contribution in [2.45, 2.75) is 19.4 Å². The molecular formula is C31H25FN2O4. The van der Waals surface area contributed by atoms with E-state index < -0.39 is 5.97 Å². The highest BCUT2D eigenvalue weighted by molar-refractivity contribution is 5.87. The van der Waals surface area contributed by atoms with Gasteiger partial charge in [0.1, 0.15) is 18.2 Å². The monoisotopic (exact) mass is 508 g/mol. The van der Waals surface area contributed by atoms with E-state index in [-0.39, 0.29) is 18.8 Å². The van der Waals surface area contributed by atoms with Crippen molar-refractivity contribution in [3.8, 4) is 34.3 Å². The van der Waals surface area contributed by atoms with Crippen molar-refractivity contribution in [3.63, 3.8) is 0 Å². The number of benzene rings is 4. The number of aromatic nitrogens is 2. The number of hydrogen-bond acceptors (Lipinski definition) is 5. The van der Waals surface area contributed by atoms with Gasteiger partial charge in [-0.2, -0.15) is 4.98 Å². The standard InChI is InChI=1S/C31H25FN2O4/c32-26-9-4-6-21(16-26)20-38-29-19-28(22-7-2-1-3-8-22)33-31(34-29)25-12-11-24-18-27(14-13-23(24)17-25)37-15-5-10-30(35)36/h1-4,6-9,11-14,16-19H,5,10,15,20H2,(H,35,36). The number of rotatable bonds is 10. The third kappa shape index (κ3) is 6.31. The van der Waals surface area contributed by atoms with Gasteiger partial charge in [-0.05, 0) is 53.1 Å². The molecule has 5 aromatic rings. The van der Waals surface area contributed by atoms with Gasteiger partial charge >= 0.3 is 5.97 Å². The molecule has 0 radical (unpaired) electrons. The summed E-state index contributed by atoms with van der Waals surface area (Å²) >= 11 is 0. The number of aliphatic carboxylic acids is 1. The Balaban J connectivity index is 1.42. The first-order chi connectivity index (χ1) is 18.5. The van der Waals surface area contributed by atoms with E-state index in [2.05, 4.69) is 4.98 Å². The minimum absolute atomic E-state index is 0.0763. The third-order valence-electron chi connectivity index (χ3n) is 5.92. The molecule has 6 nitrogen and oxygen atoms in total. The van der Waals surface area contributed by atoms with Crippen LogP contribution >= 0.6 is 0 Å². The van der Waals surface area contributed by atoms with E-state index in [1.807, 2.05) is 66.7 Å². The fraction of sp³-hybridized carbons (Fsp3) is 0.129. The summed E-state index contributed by atoms with van der Waals surface area (Å²) in [7, 11) is 0. The molecule has 0 saturated carbocycles. The van der Waals surface area contributed by atoms with Gasteiger partial charge in [-0.3, -0.25) is 4.79 Å². The molecule has 0 aliphatic carbocycles. The summed E-state index contributed by atoms with van der Waals surface area (Å²) in [6, 6.07) is 29.5. The molecule has 190 valence electrons. The van der Waals surface area contributed by atoms with Crippen LogP contribution in [0.2, 0.25) is 0 Å². The smallest absolute Gasteiger partial charge is 0.303 e. The maximum Gasteiger partial charge on any atom is 0.303 e. The van der Waals surface area contributed by atoms with Gasteiger partial charge in [-0.25, -0.2) is 9.37 Å². The molecule has 0 bridgehead atoms. The molecule has 4 aromatic carbocycles. The van der Waals surface area contributed by atoms with Gasteiger partial charge in [0, 0.05) is 23.6 Å². The molecule has 1 aromatic heterocycles. The van der Waals surface area contributed by atoms with Crippen LogP contribution < -0.4 is 9.47 Å². The van der Waals surface area contributed by atoms with E-state index >= 15 is 0 Å². The summed E-state index contributed by atoms with van der Waals surface area (Å²) < 4.78 is 25.3. The van der Waals surface area contributed by atoms with Gasteiger partial charge < -0.3 is 14.6 Å². The van der Waals surface area contributed by atoms with Gasteiger partial charge in [-0.1, -0.05) is 60.7 Å². The predicted octanol–water partition coefficient (Wildman–Crippen LogP) is 6.93. The summed E-state index contributed by atoms with van der Waals surface area (Å²) in [5.74, 6) is 0.441. The van der Waals surface area contributed by atoms with E-state index in [0.717, 1.165) is 27.6 Å². The van der Waals surface area contributed by atoms with E-state index in [0.29, 0.717) is 36.0 Å². The molecule has 7 heteroatoms. The fourth-order valence-corrected chi connectivity index (χ4v) is 4.03. The number of ether oxygens (including phenoxy) is 2. The quantitative estimate of drug-likeness (QED) is 0.206. The van der Waals surface area contributed by atoms with Crippen molar-refractivity contribution in [2.24, 2.45) is 0 Å². The van der Waals surface area contributed by atoms with Crippen LogP contribution in [0, 0.1) is 5.82 Å². The van der Waals surface area contributed by atoms with Gasteiger partial charge in [0.05, 0.1) is 12.3 Å². The molecule has 38 heavy (non-hydrogen) atoms. The zero-order valence-electron chi connectivity index (χ0n) is 20.5. The molecule has 5 rings (SSSR count). The third-order valence-corrected chi connectivity index (χ3v) is 5.92. The molecule has 1 heterocycles. The zero-order chi connectivity index (χ0) is 26.3. The van der Waals surface area contributed by atoms with Crippen LogP contribution in [-0.2, 0) is 11.4 Å². The van der Waals surface area contributed by atoms with Crippen LogP contribution in [0.3, 0.4) is 0 Å². The summed E-state index contributed by atoms with van der Waals surface area (Å²) in [5.41, 5.74) is 3.17. The molecule has 0 aliphatic rings. The number of hydrogen-bond donors (Lipinski definition) is 1. The Morgan fingerprint density at radius 2 is 1.61 bits per heavy atom. The van der Waals surface area contributed by atoms with Crippen LogP contribution in [0.15, 0.2) is 97.1 Å². The number of carboxylic acids is 1. The SMILES string of the molecule is O=C(O)CCCOc1ccc2cc(-c3nc(OCc4cccc(F)c4)cc(-c4ccccc4)n3)ccc2c1. The first kappa shape index (κ1) is 24.9. The average molecular weight is 509 g/mol. The van der Waals surface area contributed by atoms with Crippen molar-refractivity contribution < 1.29 is 23.8 Å². The Labute approximate surface area is 219 Å². The van der Waals surface area contributed by atoms with Crippen molar-refractivity contribution in [3.05, 3.63) is 108 Å². The largest absolute Gasteiger partial charge is 0.494 e. The van der Waals surface area contributed by atoms with Crippen molar-refractivity contribution in [1.29, 1.82) is 0 Å². The van der Waals surface area contributed by atoms with E-state index in [4.69, 9.17) is 19.6 Å².